The number of methoxy groups -OCH3 is 1. The number of carbonyl (C=O) groups excluding carboxylic acids is 1. The zero-order valence-corrected chi connectivity index (χ0v) is 19.7. The van der Waals surface area contributed by atoms with E-state index in [0.29, 0.717) is 12.8 Å². The Morgan fingerprint density at radius 2 is 1.83 bits per heavy atom. The molecule has 1 amide bonds. The summed E-state index contributed by atoms with van der Waals surface area (Å²) in [6.07, 6.45) is -0.851. The van der Waals surface area contributed by atoms with E-state index in [0.717, 1.165) is 12.1 Å². The summed E-state index contributed by atoms with van der Waals surface area (Å²) >= 11 is 0. The van der Waals surface area contributed by atoms with Gasteiger partial charge in [-0.2, -0.15) is 17.5 Å². The molecule has 1 fully saturated rings. The number of sulfonamides is 1. The topological polar surface area (TPSA) is 114 Å². The molecule has 1 aliphatic carbocycles. The van der Waals surface area contributed by atoms with Crippen molar-refractivity contribution in [2.45, 2.75) is 31.2 Å². The molecule has 1 aliphatic heterocycles. The lowest BCUT2D eigenvalue weighted by atomic mass is 9.96. The second-order valence-electron chi connectivity index (χ2n) is 7.98. The van der Waals surface area contributed by atoms with Gasteiger partial charge in [-0.3, -0.25) is 10.0 Å². The van der Waals surface area contributed by atoms with Crippen LogP contribution in [0, 0.1) is 5.92 Å². The van der Waals surface area contributed by atoms with Crippen LogP contribution in [0.25, 0.3) is 0 Å². The molecular weight excluding hydrogens is 493 g/mol. The van der Waals surface area contributed by atoms with E-state index in [2.05, 4.69) is 0 Å². The molecule has 0 aromatic heterocycles. The number of hydrogen-bond acceptors (Lipinski definition) is 7. The number of piperidine rings is 1. The number of alkyl halides is 3. The largest absolute Gasteiger partial charge is 0.490 e. The molecule has 13 heteroatoms. The zero-order valence-electron chi connectivity index (χ0n) is 18.9. The first kappa shape index (κ1) is 27.1. The van der Waals surface area contributed by atoms with Crippen LogP contribution < -0.4 is 10.2 Å². The van der Waals surface area contributed by atoms with Gasteiger partial charge in [0, 0.05) is 20.2 Å². The lowest BCUT2D eigenvalue weighted by molar-refractivity contribution is -0.137. The van der Waals surface area contributed by atoms with Crippen molar-refractivity contribution in [2.24, 2.45) is 5.92 Å². The molecule has 194 valence electrons. The molecule has 3 rings (SSSR count). The molecule has 1 heterocycles. The van der Waals surface area contributed by atoms with Gasteiger partial charge in [-0.25, -0.2) is 13.9 Å². The van der Waals surface area contributed by atoms with E-state index in [9.17, 15) is 31.6 Å². The minimum absolute atomic E-state index is 0.0807. The highest BCUT2D eigenvalue weighted by Gasteiger charge is 2.42. The van der Waals surface area contributed by atoms with Gasteiger partial charge in [-0.05, 0) is 43.2 Å². The summed E-state index contributed by atoms with van der Waals surface area (Å²) in [6, 6.07) is 4.31. The number of hydrogen-bond donors (Lipinski definition) is 2. The zero-order chi connectivity index (χ0) is 25.6. The molecule has 1 aromatic carbocycles. The summed E-state index contributed by atoms with van der Waals surface area (Å²) in [5.74, 6) is -1.96. The maximum atomic E-state index is 13.4. The Hall–Kier alpha value is -2.45. The highest BCUT2D eigenvalue weighted by atomic mass is 32.2. The summed E-state index contributed by atoms with van der Waals surface area (Å²) in [7, 11) is -2.62. The van der Waals surface area contributed by atoms with E-state index < -0.39 is 39.7 Å². The molecule has 0 bridgehead atoms. The molecular formula is C22H27F3N2O7S. The van der Waals surface area contributed by atoms with Crippen LogP contribution in [0.15, 0.2) is 47.4 Å². The van der Waals surface area contributed by atoms with E-state index in [1.54, 1.807) is 0 Å². The predicted molar refractivity (Wildman–Crippen MR) is 118 cm³/mol. The van der Waals surface area contributed by atoms with E-state index in [4.69, 9.17) is 14.2 Å². The monoisotopic (exact) mass is 520 g/mol. The fourth-order valence-corrected chi connectivity index (χ4v) is 5.71. The maximum absolute atomic E-state index is 13.4. The number of nitrogens with one attached hydrogen (secondary N) is 1. The minimum atomic E-state index is -4.44. The van der Waals surface area contributed by atoms with Crippen molar-refractivity contribution in [3.63, 3.8) is 0 Å². The molecule has 0 spiro atoms. The van der Waals surface area contributed by atoms with Gasteiger partial charge in [0.25, 0.3) is 5.91 Å². The normalized spacial score (nSPS) is 22.0. The van der Waals surface area contributed by atoms with Crippen molar-refractivity contribution < 1.29 is 45.8 Å². The Morgan fingerprint density at radius 1 is 1.17 bits per heavy atom. The standard InChI is InChI=1S/C22H27F3N2O7S/c1-32-13-14-33-18-3-2-4-19(20(18)21(28)26-29)35(30,31)27-11-9-17(10-12-27)34-16-7-5-15(6-8-16)22(23,24)25/h2-8,17-18,20,29H,9-14H2,1H3,(H,26,28). The Morgan fingerprint density at radius 3 is 2.40 bits per heavy atom. The van der Waals surface area contributed by atoms with Gasteiger partial charge in [0.2, 0.25) is 10.0 Å². The molecule has 9 nitrogen and oxygen atoms in total. The molecule has 0 radical (unpaired) electrons. The van der Waals surface area contributed by atoms with Gasteiger partial charge in [0.1, 0.15) is 17.8 Å². The third-order valence-corrected chi connectivity index (χ3v) is 7.74. The highest BCUT2D eigenvalue weighted by molar-refractivity contribution is 7.93. The van der Waals surface area contributed by atoms with Crippen LogP contribution in [0.2, 0.25) is 0 Å². The van der Waals surface area contributed by atoms with Crippen LogP contribution in [0.1, 0.15) is 18.4 Å². The van der Waals surface area contributed by atoms with Gasteiger partial charge >= 0.3 is 6.18 Å². The Balaban J connectivity index is 1.66. The first-order valence-corrected chi connectivity index (χ1v) is 12.3. The Kier molecular flexibility index (Phi) is 8.94. The molecule has 2 unspecified atom stereocenters. The Bertz CT molecular complexity index is 1030. The van der Waals surface area contributed by atoms with E-state index in [1.807, 2.05) is 0 Å². The average molecular weight is 521 g/mol. The number of allylic oxidation sites excluding steroid dienone is 2. The molecule has 1 aromatic rings. The van der Waals surface area contributed by atoms with Crippen molar-refractivity contribution in [3.8, 4) is 5.75 Å². The fourth-order valence-electron chi connectivity index (χ4n) is 3.90. The lowest BCUT2D eigenvalue weighted by Crippen LogP contribution is -2.47. The third-order valence-electron chi connectivity index (χ3n) is 5.71. The van der Waals surface area contributed by atoms with Gasteiger partial charge in [-0.1, -0.05) is 12.2 Å². The number of halogens is 3. The number of nitrogens with zero attached hydrogens (tertiary/aromatic N) is 1. The SMILES string of the molecule is COCCOC1C=CC=C(S(=O)(=O)N2CCC(Oc3ccc(C(F)(F)F)cc3)CC2)C1C(=O)NO. The van der Waals surface area contributed by atoms with Crippen molar-refractivity contribution in [1.29, 1.82) is 0 Å². The second kappa shape index (κ2) is 11.5. The summed E-state index contributed by atoms with van der Waals surface area (Å²) in [6.45, 7) is 0.505. The van der Waals surface area contributed by atoms with Crippen LogP contribution in [-0.2, 0) is 30.5 Å². The van der Waals surface area contributed by atoms with Crippen molar-refractivity contribution in [3.05, 3.63) is 53.0 Å². The van der Waals surface area contributed by atoms with Crippen molar-refractivity contribution in [1.82, 2.24) is 9.79 Å². The number of amides is 1. The smallest absolute Gasteiger partial charge is 0.416 e. The lowest BCUT2D eigenvalue weighted by Gasteiger charge is -2.35. The van der Waals surface area contributed by atoms with E-state index in [-0.39, 0.29) is 43.1 Å². The molecule has 35 heavy (non-hydrogen) atoms. The van der Waals surface area contributed by atoms with E-state index >= 15 is 0 Å². The van der Waals surface area contributed by atoms with Gasteiger partial charge < -0.3 is 14.2 Å². The van der Waals surface area contributed by atoms with Gasteiger partial charge in [-0.15, -0.1) is 0 Å². The van der Waals surface area contributed by atoms with Gasteiger partial charge in [0.05, 0.1) is 29.8 Å². The predicted octanol–water partition coefficient (Wildman–Crippen LogP) is 2.49. The van der Waals surface area contributed by atoms with Crippen LogP contribution >= 0.6 is 0 Å². The number of benzene rings is 1. The van der Waals surface area contributed by atoms with Crippen LogP contribution in [-0.4, -0.2) is 69.5 Å². The van der Waals surface area contributed by atoms with Crippen LogP contribution in [0.4, 0.5) is 13.2 Å². The second-order valence-corrected chi connectivity index (χ2v) is 9.92. The third kappa shape index (κ3) is 6.61. The van der Waals surface area contributed by atoms with Crippen molar-refractivity contribution in [2.75, 3.05) is 33.4 Å². The quantitative estimate of drug-likeness (QED) is 0.292. The molecule has 0 saturated carbocycles. The molecule has 2 aliphatic rings. The van der Waals surface area contributed by atoms with Crippen LogP contribution in [0.3, 0.4) is 0 Å². The number of ether oxygens (including phenoxy) is 3. The molecule has 2 N–H and O–H groups in total. The molecule has 2 atom stereocenters. The van der Waals surface area contributed by atoms with Crippen molar-refractivity contribution >= 4 is 15.9 Å². The number of carbonyl (C=O) groups is 1. The minimum Gasteiger partial charge on any atom is -0.490 e. The number of rotatable bonds is 9. The maximum Gasteiger partial charge on any atom is 0.416 e. The summed E-state index contributed by atoms with van der Waals surface area (Å²) in [5.41, 5.74) is 0.724. The fraction of sp³-hybridized carbons (Fsp3) is 0.500. The summed E-state index contributed by atoms with van der Waals surface area (Å²) < 4.78 is 82.4. The summed E-state index contributed by atoms with van der Waals surface area (Å²) in [5, 5.41) is 9.19. The first-order valence-electron chi connectivity index (χ1n) is 10.8. The summed E-state index contributed by atoms with van der Waals surface area (Å²) in [4.78, 5) is 12.2. The first-order chi connectivity index (χ1) is 16.6. The molecule has 1 saturated heterocycles. The van der Waals surface area contributed by atoms with E-state index in [1.165, 1.54) is 47.3 Å². The Labute approximate surface area is 201 Å². The van der Waals surface area contributed by atoms with Gasteiger partial charge in [0.15, 0.2) is 0 Å². The average Bonchev–Trinajstić information content (AvgIpc) is 2.83. The van der Waals surface area contributed by atoms with Crippen LogP contribution in [0.5, 0.6) is 5.75 Å². The number of hydroxylamine groups is 1. The highest BCUT2D eigenvalue weighted by Crippen LogP contribution is 2.33.